The summed E-state index contributed by atoms with van der Waals surface area (Å²) in [5.74, 6) is 0.962. The standard InChI is InChI=1S/C14H29NO/c1-4-8-14(16-6-3)13(15-5-2)11-12-9-7-10-12/h12-15H,4-11H2,1-3H3. The van der Waals surface area contributed by atoms with E-state index in [2.05, 4.69) is 26.1 Å². The van der Waals surface area contributed by atoms with Crippen molar-refractivity contribution in [1.82, 2.24) is 5.32 Å². The van der Waals surface area contributed by atoms with Crippen molar-refractivity contribution >= 4 is 0 Å². The first-order valence-electron chi connectivity index (χ1n) is 7.16. The summed E-state index contributed by atoms with van der Waals surface area (Å²) in [5.41, 5.74) is 0. The minimum atomic E-state index is 0.426. The molecule has 0 heterocycles. The van der Waals surface area contributed by atoms with Crippen molar-refractivity contribution in [2.24, 2.45) is 5.92 Å². The van der Waals surface area contributed by atoms with Gasteiger partial charge in [0.1, 0.15) is 0 Å². The maximum Gasteiger partial charge on any atom is 0.0727 e. The third kappa shape index (κ3) is 4.42. The number of likely N-dealkylation sites (N-methyl/N-ethyl adjacent to an activating group) is 1. The molecule has 2 heteroatoms. The summed E-state index contributed by atoms with van der Waals surface area (Å²) < 4.78 is 5.90. The largest absolute Gasteiger partial charge is 0.377 e. The smallest absolute Gasteiger partial charge is 0.0727 e. The molecule has 0 radical (unpaired) electrons. The summed E-state index contributed by atoms with van der Waals surface area (Å²) in [4.78, 5) is 0. The predicted octanol–water partition coefficient (Wildman–Crippen LogP) is 3.36. The Morgan fingerprint density at radius 1 is 1.25 bits per heavy atom. The highest BCUT2D eigenvalue weighted by Gasteiger charge is 2.26. The van der Waals surface area contributed by atoms with Crippen LogP contribution in [0.3, 0.4) is 0 Å². The molecule has 1 N–H and O–H groups in total. The normalized spacial score (nSPS) is 20.4. The highest BCUT2D eigenvalue weighted by Crippen LogP contribution is 2.31. The second-order valence-corrected chi connectivity index (χ2v) is 4.98. The third-order valence-electron chi connectivity index (χ3n) is 3.68. The lowest BCUT2D eigenvalue weighted by Gasteiger charge is -2.34. The fraction of sp³-hybridized carbons (Fsp3) is 1.00. The van der Waals surface area contributed by atoms with Crippen molar-refractivity contribution in [3.63, 3.8) is 0 Å². The average Bonchev–Trinajstić information content (AvgIpc) is 2.21. The van der Waals surface area contributed by atoms with Crippen LogP contribution in [0.25, 0.3) is 0 Å². The van der Waals surface area contributed by atoms with Gasteiger partial charge in [-0.1, -0.05) is 39.5 Å². The summed E-state index contributed by atoms with van der Waals surface area (Å²) in [7, 11) is 0. The molecular formula is C14H29NO. The summed E-state index contributed by atoms with van der Waals surface area (Å²) in [6.45, 7) is 8.46. The van der Waals surface area contributed by atoms with Crippen LogP contribution in [0.2, 0.25) is 0 Å². The van der Waals surface area contributed by atoms with Gasteiger partial charge in [0.15, 0.2) is 0 Å². The molecule has 1 rings (SSSR count). The van der Waals surface area contributed by atoms with Gasteiger partial charge < -0.3 is 10.1 Å². The molecule has 0 aromatic rings. The topological polar surface area (TPSA) is 21.3 Å². The summed E-state index contributed by atoms with van der Waals surface area (Å²) in [6, 6.07) is 0.579. The van der Waals surface area contributed by atoms with E-state index in [4.69, 9.17) is 4.74 Å². The van der Waals surface area contributed by atoms with Gasteiger partial charge in [0.25, 0.3) is 0 Å². The Morgan fingerprint density at radius 3 is 2.44 bits per heavy atom. The highest BCUT2D eigenvalue weighted by molar-refractivity contribution is 4.82. The lowest BCUT2D eigenvalue weighted by atomic mass is 9.79. The lowest BCUT2D eigenvalue weighted by Crippen LogP contribution is -2.43. The maximum absolute atomic E-state index is 5.90. The molecule has 0 bridgehead atoms. The summed E-state index contributed by atoms with van der Waals surface area (Å²) >= 11 is 0. The van der Waals surface area contributed by atoms with Gasteiger partial charge in [-0.05, 0) is 32.2 Å². The van der Waals surface area contributed by atoms with Gasteiger partial charge in [-0.25, -0.2) is 0 Å². The third-order valence-corrected chi connectivity index (χ3v) is 3.68. The number of hydrogen-bond acceptors (Lipinski definition) is 2. The molecule has 1 fully saturated rings. The zero-order valence-corrected chi connectivity index (χ0v) is 11.3. The minimum Gasteiger partial charge on any atom is -0.377 e. The Balaban J connectivity index is 2.41. The van der Waals surface area contributed by atoms with Crippen LogP contribution in [0, 0.1) is 5.92 Å². The number of nitrogens with one attached hydrogen (secondary N) is 1. The molecule has 0 spiro atoms. The Hall–Kier alpha value is -0.0800. The molecular weight excluding hydrogens is 198 g/mol. The van der Waals surface area contributed by atoms with Crippen LogP contribution < -0.4 is 5.32 Å². The first-order valence-corrected chi connectivity index (χ1v) is 7.16. The number of rotatable bonds is 9. The quantitative estimate of drug-likeness (QED) is 0.652. The van der Waals surface area contributed by atoms with E-state index in [-0.39, 0.29) is 0 Å². The summed E-state index contributed by atoms with van der Waals surface area (Å²) in [5, 5.41) is 3.63. The van der Waals surface area contributed by atoms with Crippen LogP contribution in [0.4, 0.5) is 0 Å². The van der Waals surface area contributed by atoms with Crippen LogP contribution in [-0.2, 0) is 4.74 Å². The van der Waals surface area contributed by atoms with Gasteiger partial charge in [-0.2, -0.15) is 0 Å². The Kier molecular flexibility index (Phi) is 7.06. The molecule has 1 aliphatic rings. The van der Waals surface area contributed by atoms with Crippen LogP contribution in [0.1, 0.15) is 59.3 Å². The van der Waals surface area contributed by atoms with E-state index in [1.807, 2.05) is 0 Å². The van der Waals surface area contributed by atoms with E-state index >= 15 is 0 Å². The molecule has 0 amide bonds. The molecule has 1 saturated carbocycles. The zero-order chi connectivity index (χ0) is 11.8. The van der Waals surface area contributed by atoms with Gasteiger partial charge >= 0.3 is 0 Å². The fourth-order valence-corrected chi connectivity index (χ4v) is 2.62. The van der Waals surface area contributed by atoms with Gasteiger partial charge in [0.2, 0.25) is 0 Å². The Labute approximate surface area is 101 Å². The minimum absolute atomic E-state index is 0.426. The molecule has 0 saturated heterocycles. The highest BCUT2D eigenvalue weighted by atomic mass is 16.5. The van der Waals surface area contributed by atoms with Crippen molar-refractivity contribution in [2.75, 3.05) is 13.2 Å². The number of hydrogen-bond donors (Lipinski definition) is 1. The van der Waals surface area contributed by atoms with Crippen LogP contribution in [0.15, 0.2) is 0 Å². The summed E-state index contributed by atoms with van der Waals surface area (Å²) in [6.07, 6.45) is 8.47. The van der Waals surface area contributed by atoms with Gasteiger partial charge in [-0.15, -0.1) is 0 Å². The Morgan fingerprint density at radius 2 is 2.00 bits per heavy atom. The van der Waals surface area contributed by atoms with Crippen molar-refractivity contribution in [2.45, 2.75) is 71.4 Å². The first kappa shape index (κ1) is 14.0. The fourth-order valence-electron chi connectivity index (χ4n) is 2.62. The van der Waals surface area contributed by atoms with E-state index in [1.54, 1.807) is 0 Å². The lowest BCUT2D eigenvalue weighted by molar-refractivity contribution is 0.0182. The molecule has 16 heavy (non-hydrogen) atoms. The predicted molar refractivity (Wildman–Crippen MR) is 69.7 cm³/mol. The van der Waals surface area contributed by atoms with Gasteiger partial charge in [-0.3, -0.25) is 0 Å². The van der Waals surface area contributed by atoms with E-state index < -0.39 is 0 Å². The monoisotopic (exact) mass is 227 g/mol. The van der Waals surface area contributed by atoms with Crippen LogP contribution in [-0.4, -0.2) is 25.3 Å². The van der Waals surface area contributed by atoms with E-state index in [0.29, 0.717) is 12.1 Å². The molecule has 1 aliphatic carbocycles. The van der Waals surface area contributed by atoms with Crippen LogP contribution in [0.5, 0.6) is 0 Å². The molecule has 0 aliphatic heterocycles. The molecule has 2 unspecified atom stereocenters. The van der Waals surface area contributed by atoms with E-state index in [1.165, 1.54) is 38.5 Å². The number of ether oxygens (including phenoxy) is 1. The second kappa shape index (κ2) is 8.08. The molecule has 2 nitrogen and oxygen atoms in total. The average molecular weight is 227 g/mol. The van der Waals surface area contributed by atoms with E-state index in [9.17, 15) is 0 Å². The molecule has 0 aromatic heterocycles. The first-order chi connectivity index (χ1) is 7.81. The van der Waals surface area contributed by atoms with E-state index in [0.717, 1.165) is 19.1 Å². The molecule has 96 valence electrons. The van der Waals surface area contributed by atoms with Crippen molar-refractivity contribution < 1.29 is 4.74 Å². The Bertz CT molecular complexity index is 162. The van der Waals surface area contributed by atoms with Crippen molar-refractivity contribution in [1.29, 1.82) is 0 Å². The van der Waals surface area contributed by atoms with Gasteiger partial charge in [0.05, 0.1) is 6.10 Å². The molecule has 0 aromatic carbocycles. The van der Waals surface area contributed by atoms with Crippen molar-refractivity contribution in [3.8, 4) is 0 Å². The molecule has 2 atom stereocenters. The van der Waals surface area contributed by atoms with Crippen LogP contribution >= 0.6 is 0 Å². The van der Waals surface area contributed by atoms with Crippen molar-refractivity contribution in [3.05, 3.63) is 0 Å². The zero-order valence-electron chi connectivity index (χ0n) is 11.3. The van der Waals surface area contributed by atoms with Gasteiger partial charge in [0, 0.05) is 12.6 Å². The second-order valence-electron chi connectivity index (χ2n) is 4.98. The maximum atomic E-state index is 5.90. The SMILES string of the molecule is CCCC(OCC)C(CC1CCC1)NCC.